The van der Waals surface area contributed by atoms with Crippen LogP contribution in [0.25, 0.3) is 22.0 Å². The Balaban J connectivity index is 1.63. The second kappa shape index (κ2) is 9.90. The van der Waals surface area contributed by atoms with Gasteiger partial charge in [-0.2, -0.15) is 0 Å². The van der Waals surface area contributed by atoms with Crippen molar-refractivity contribution in [2.24, 2.45) is 0 Å². The molecule has 1 amide bonds. The maximum absolute atomic E-state index is 15.1. The second-order valence-corrected chi connectivity index (χ2v) is 8.52. The lowest BCUT2D eigenvalue weighted by atomic mass is 10.00. The van der Waals surface area contributed by atoms with E-state index in [4.69, 9.17) is 0 Å². The first kappa shape index (κ1) is 25.1. The Bertz CT molecular complexity index is 1420. The maximum atomic E-state index is 15.1. The molecule has 4 rings (SSSR count). The highest BCUT2D eigenvalue weighted by atomic mass is 19.3. The van der Waals surface area contributed by atoms with Gasteiger partial charge in [0.25, 0.3) is 12.3 Å². The molecule has 1 atom stereocenters. The molecule has 3 heterocycles. The molecule has 0 saturated heterocycles. The maximum Gasteiger partial charge on any atom is 0.289 e. The van der Waals surface area contributed by atoms with Gasteiger partial charge in [0, 0.05) is 53.9 Å². The summed E-state index contributed by atoms with van der Waals surface area (Å²) in [5, 5.41) is 6.56. The van der Waals surface area contributed by atoms with Crippen LogP contribution < -0.4 is 10.6 Å². The van der Waals surface area contributed by atoms with E-state index < -0.39 is 18.1 Å². The zero-order valence-electron chi connectivity index (χ0n) is 20.2. The highest BCUT2D eigenvalue weighted by molar-refractivity contribution is 6.03. The number of fused-ring (bicyclic) bond motifs is 1. The quantitative estimate of drug-likeness (QED) is 0.342. The van der Waals surface area contributed by atoms with Gasteiger partial charge >= 0.3 is 0 Å². The monoisotopic (exact) mass is 494 g/mol. The normalized spacial score (nSPS) is 13.1. The number of carbonyl (C=O) groups excluding carboxylic acids is 1. The van der Waals surface area contributed by atoms with Crippen molar-refractivity contribution in [2.75, 3.05) is 31.8 Å². The molecule has 0 fully saturated rings. The molecule has 0 aliphatic rings. The summed E-state index contributed by atoms with van der Waals surface area (Å²) >= 11 is 0. The van der Waals surface area contributed by atoms with Crippen molar-refractivity contribution in [2.45, 2.75) is 19.1 Å². The zero-order chi connectivity index (χ0) is 26.0. The predicted octanol–water partition coefficient (Wildman–Crippen LogP) is 5.24. The molecule has 2 N–H and O–H groups in total. The predicted molar refractivity (Wildman–Crippen MR) is 134 cm³/mol. The van der Waals surface area contributed by atoms with Gasteiger partial charge in [-0.05, 0) is 62.5 Å². The molecule has 0 bridgehead atoms. The number of aromatic nitrogens is 3. The number of nitrogens with zero attached hydrogens (tertiary/aromatic N) is 4. The fourth-order valence-electron chi connectivity index (χ4n) is 3.86. The van der Waals surface area contributed by atoms with Crippen LogP contribution in [-0.2, 0) is 5.79 Å². The van der Waals surface area contributed by atoms with Gasteiger partial charge < -0.3 is 10.6 Å². The fourth-order valence-corrected chi connectivity index (χ4v) is 3.86. The van der Waals surface area contributed by atoms with Crippen molar-refractivity contribution in [1.29, 1.82) is 0 Å². The minimum absolute atomic E-state index is 0.182. The standard InChI is InChI=1S/C26H25F3N6O/c1-15-5-6-19(11-20(15)16-9-17-14-33-23(30-2)12-21(17)32-13-16)34-24(36)22-10-18(7-8-31-22)26(29,25(27)28)35(3)4/h5-14,25H,1-4H3,(H,30,33)(H,34,36). The molecule has 1 aromatic carbocycles. The van der Waals surface area contributed by atoms with Gasteiger partial charge in [0.2, 0.25) is 5.79 Å². The van der Waals surface area contributed by atoms with Crippen LogP contribution in [0.1, 0.15) is 21.6 Å². The first-order chi connectivity index (χ1) is 17.1. The Kier molecular flexibility index (Phi) is 6.89. The minimum atomic E-state index is -3.32. The lowest BCUT2D eigenvalue weighted by Gasteiger charge is -2.31. The fraction of sp³-hybridized carbons (Fsp3) is 0.231. The van der Waals surface area contributed by atoms with Crippen molar-refractivity contribution in [3.8, 4) is 11.1 Å². The average Bonchev–Trinajstić information content (AvgIpc) is 2.88. The number of benzene rings is 1. The van der Waals surface area contributed by atoms with E-state index in [-0.39, 0.29) is 11.3 Å². The van der Waals surface area contributed by atoms with Crippen LogP contribution in [0.3, 0.4) is 0 Å². The summed E-state index contributed by atoms with van der Waals surface area (Å²) in [6.07, 6.45) is 1.29. The molecule has 7 nitrogen and oxygen atoms in total. The lowest BCUT2D eigenvalue weighted by Crippen LogP contribution is -2.43. The Morgan fingerprint density at radius 2 is 1.81 bits per heavy atom. The lowest BCUT2D eigenvalue weighted by molar-refractivity contribution is -0.129. The number of alkyl halides is 3. The molecule has 186 valence electrons. The van der Waals surface area contributed by atoms with Gasteiger partial charge in [0.15, 0.2) is 0 Å². The first-order valence-electron chi connectivity index (χ1n) is 11.1. The van der Waals surface area contributed by atoms with Gasteiger partial charge in [-0.25, -0.2) is 18.2 Å². The van der Waals surface area contributed by atoms with Gasteiger partial charge in [0.1, 0.15) is 11.5 Å². The Hall–Kier alpha value is -4.05. The third kappa shape index (κ3) is 4.72. The highest BCUT2D eigenvalue weighted by Crippen LogP contribution is 2.35. The number of pyridine rings is 3. The number of amides is 1. The second-order valence-electron chi connectivity index (χ2n) is 8.52. The number of anilines is 2. The molecule has 0 aliphatic heterocycles. The van der Waals surface area contributed by atoms with E-state index in [1.165, 1.54) is 14.1 Å². The van der Waals surface area contributed by atoms with Crippen LogP contribution in [-0.4, -0.2) is 53.3 Å². The van der Waals surface area contributed by atoms with E-state index in [1.807, 2.05) is 25.1 Å². The van der Waals surface area contributed by atoms with E-state index in [1.54, 1.807) is 31.6 Å². The van der Waals surface area contributed by atoms with Gasteiger partial charge in [-0.1, -0.05) is 6.07 Å². The molecule has 0 aliphatic carbocycles. The molecule has 3 aromatic heterocycles. The van der Waals surface area contributed by atoms with Gasteiger partial charge in [-0.15, -0.1) is 0 Å². The molecule has 10 heteroatoms. The Morgan fingerprint density at radius 3 is 2.50 bits per heavy atom. The van der Waals surface area contributed by atoms with Gasteiger partial charge in [0.05, 0.1) is 5.52 Å². The number of aryl methyl sites for hydroxylation is 1. The summed E-state index contributed by atoms with van der Waals surface area (Å²) in [5.74, 6) is -2.99. The number of hydrogen-bond acceptors (Lipinski definition) is 6. The molecule has 36 heavy (non-hydrogen) atoms. The molecule has 4 aromatic rings. The highest BCUT2D eigenvalue weighted by Gasteiger charge is 2.45. The van der Waals surface area contributed by atoms with Gasteiger partial charge in [-0.3, -0.25) is 19.7 Å². The van der Waals surface area contributed by atoms with E-state index >= 15 is 4.39 Å². The minimum Gasteiger partial charge on any atom is -0.373 e. The van der Waals surface area contributed by atoms with Crippen LogP contribution in [0.4, 0.5) is 24.7 Å². The van der Waals surface area contributed by atoms with Crippen molar-refractivity contribution >= 4 is 28.3 Å². The third-order valence-corrected chi connectivity index (χ3v) is 5.97. The number of halogens is 3. The van der Waals surface area contributed by atoms with Crippen LogP contribution in [0.5, 0.6) is 0 Å². The van der Waals surface area contributed by atoms with E-state index in [0.29, 0.717) is 11.5 Å². The van der Waals surface area contributed by atoms with E-state index in [2.05, 4.69) is 25.6 Å². The van der Waals surface area contributed by atoms with Crippen molar-refractivity contribution in [3.63, 3.8) is 0 Å². The van der Waals surface area contributed by atoms with Crippen LogP contribution in [0.15, 0.2) is 61.1 Å². The molecule has 1 unspecified atom stereocenters. The number of hydrogen-bond donors (Lipinski definition) is 2. The van der Waals surface area contributed by atoms with Crippen molar-refractivity contribution in [1.82, 2.24) is 19.9 Å². The molecule has 0 radical (unpaired) electrons. The van der Waals surface area contributed by atoms with E-state index in [9.17, 15) is 13.6 Å². The molecule has 0 spiro atoms. The first-order valence-corrected chi connectivity index (χ1v) is 11.1. The Labute approximate surface area is 206 Å². The summed E-state index contributed by atoms with van der Waals surface area (Å²) < 4.78 is 42.1. The van der Waals surface area contributed by atoms with E-state index in [0.717, 1.165) is 50.8 Å². The summed E-state index contributed by atoms with van der Waals surface area (Å²) in [6.45, 7) is 1.94. The van der Waals surface area contributed by atoms with Crippen LogP contribution in [0.2, 0.25) is 0 Å². The average molecular weight is 495 g/mol. The summed E-state index contributed by atoms with van der Waals surface area (Å²) in [6, 6.07) is 11.3. The summed E-state index contributed by atoms with van der Waals surface area (Å²) in [7, 11) is 4.20. The SMILES string of the molecule is CNc1cc2ncc(-c3cc(NC(=O)c4cc(C(F)(C(F)F)N(C)C)ccn4)ccc3C)cc2cn1. The van der Waals surface area contributed by atoms with Crippen molar-refractivity contribution < 1.29 is 18.0 Å². The molecule has 0 saturated carbocycles. The summed E-state index contributed by atoms with van der Waals surface area (Å²) in [5.41, 5.74) is 3.35. The summed E-state index contributed by atoms with van der Waals surface area (Å²) in [4.78, 5) is 26.5. The van der Waals surface area contributed by atoms with Crippen LogP contribution in [0, 0.1) is 6.92 Å². The third-order valence-electron chi connectivity index (χ3n) is 5.97. The van der Waals surface area contributed by atoms with Crippen LogP contribution >= 0.6 is 0 Å². The Morgan fingerprint density at radius 1 is 1.03 bits per heavy atom. The zero-order valence-corrected chi connectivity index (χ0v) is 20.2. The number of nitrogens with one attached hydrogen (secondary N) is 2. The largest absolute Gasteiger partial charge is 0.373 e. The molecular formula is C26H25F3N6O. The number of rotatable bonds is 7. The van der Waals surface area contributed by atoms with Crippen molar-refractivity contribution in [3.05, 3.63) is 77.9 Å². The number of carbonyl (C=O) groups is 1. The molecular weight excluding hydrogens is 469 g/mol. The topological polar surface area (TPSA) is 83.0 Å². The smallest absolute Gasteiger partial charge is 0.289 e.